The molecule has 28 heavy (non-hydrogen) atoms. The van der Waals surface area contributed by atoms with Crippen molar-refractivity contribution < 1.29 is 4.79 Å². The largest absolute Gasteiger partial charge is 0.376 e. The zero-order valence-corrected chi connectivity index (χ0v) is 18.3. The zero-order chi connectivity index (χ0) is 21.1. The van der Waals surface area contributed by atoms with Crippen LogP contribution in [0.2, 0.25) is 0 Å². The van der Waals surface area contributed by atoms with Gasteiger partial charge in [-0.15, -0.1) is 11.3 Å². The van der Waals surface area contributed by atoms with E-state index in [1.54, 1.807) is 12.3 Å². The average Bonchev–Trinajstić information content (AvgIpc) is 3.13. The Morgan fingerprint density at radius 2 is 2.04 bits per heavy atom. The molecule has 2 rings (SSSR count). The summed E-state index contributed by atoms with van der Waals surface area (Å²) in [5.74, 6) is 0. The topological polar surface area (TPSA) is 84.1 Å². The van der Waals surface area contributed by atoms with Gasteiger partial charge in [0.2, 0.25) is 0 Å². The fraction of sp³-hybridized carbons (Fsp3) is 0.524. The van der Waals surface area contributed by atoms with Crippen molar-refractivity contribution in [1.82, 2.24) is 9.88 Å². The molecule has 0 amide bonds. The lowest BCUT2D eigenvalue weighted by Crippen LogP contribution is -2.26. The standard InChI is InChI=1S/C11H9N3OS.C10H22N2/c1-14(2)10-7(4-12)5-13-11-9(10)3-8(6-15)16-11;1-4-5-6-7-8-10(2)12(3)9-11/h3,5-6H,1-2H3;9-11H,4-8H2,1-3H3. The molecule has 0 aliphatic heterocycles. The van der Waals surface area contributed by atoms with Gasteiger partial charge >= 0.3 is 0 Å². The van der Waals surface area contributed by atoms with Crippen LogP contribution in [0.15, 0.2) is 12.3 Å². The van der Waals surface area contributed by atoms with E-state index < -0.39 is 0 Å². The van der Waals surface area contributed by atoms with Gasteiger partial charge in [0.25, 0.3) is 0 Å². The van der Waals surface area contributed by atoms with Gasteiger partial charge < -0.3 is 9.80 Å². The fourth-order valence-corrected chi connectivity index (χ4v) is 3.63. The minimum absolute atomic E-state index is 0.521. The van der Waals surface area contributed by atoms with Crippen LogP contribution in [0.5, 0.6) is 0 Å². The van der Waals surface area contributed by atoms with Crippen molar-refractivity contribution in [2.45, 2.75) is 52.0 Å². The molecule has 0 saturated carbocycles. The lowest BCUT2D eigenvalue weighted by molar-refractivity contribution is 0.112. The highest BCUT2D eigenvalue weighted by atomic mass is 32.1. The molecule has 0 spiro atoms. The van der Waals surface area contributed by atoms with E-state index in [0.717, 1.165) is 22.2 Å². The van der Waals surface area contributed by atoms with Gasteiger partial charge in [-0.1, -0.05) is 32.6 Å². The minimum atomic E-state index is 0.521. The number of thiophene rings is 1. The number of nitrogens with one attached hydrogen (secondary N) is 1. The second kappa shape index (κ2) is 12.1. The number of hydrogen-bond acceptors (Lipinski definition) is 6. The molecule has 1 unspecified atom stereocenters. The average molecular weight is 402 g/mol. The lowest BCUT2D eigenvalue weighted by atomic mass is 10.1. The van der Waals surface area contributed by atoms with Crippen LogP contribution in [0.3, 0.4) is 0 Å². The van der Waals surface area contributed by atoms with E-state index in [0.29, 0.717) is 16.5 Å². The Labute approximate surface area is 172 Å². The van der Waals surface area contributed by atoms with Gasteiger partial charge in [0.15, 0.2) is 6.29 Å². The molecule has 0 saturated heterocycles. The second-order valence-corrected chi connectivity index (χ2v) is 8.07. The summed E-state index contributed by atoms with van der Waals surface area (Å²) in [6.45, 7) is 4.41. The van der Waals surface area contributed by atoms with Crippen molar-refractivity contribution in [2.75, 3.05) is 26.0 Å². The molecule has 0 radical (unpaired) electrons. The van der Waals surface area contributed by atoms with Crippen LogP contribution in [-0.4, -0.2) is 49.7 Å². The summed E-state index contributed by atoms with van der Waals surface area (Å²) in [7, 11) is 5.71. The molecule has 1 N–H and O–H groups in total. The number of aldehydes is 1. The van der Waals surface area contributed by atoms with E-state index in [4.69, 9.17) is 10.7 Å². The number of aromatic nitrogens is 1. The smallest absolute Gasteiger partial charge is 0.160 e. The Balaban J connectivity index is 0.000000295. The number of anilines is 1. The Kier molecular flexibility index (Phi) is 10.2. The first kappa shape index (κ1) is 23.6. The van der Waals surface area contributed by atoms with Crippen molar-refractivity contribution in [3.8, 4) is 6.07 Å². The first-order chi connectivity index (χ1) is 13.4. The van der Waals surface area contributed by atoms with Crippen LogP contribution in [0.25, 0.3) is 10.2 Å². The van der Waals surface area contributed by atoms with Crippen LogP contribution in [0, 0.1) is 16.7 Å². The first-order valence-electron chi connectivity index (χ1n) is 9.57. The van der Waals surface area contributed by atoms with Crippen LogP contribution in [0.4, 0.5) is 5.69 Å². The summed E-state index contributed by atoms with van der Waals surface area (Å²) in [6, 6.07) is 4.41. The molecule has 6 nitrogen and oxygen atoms in total. The molecule has 2 heterocycles. The van der Waals surface area contributed by atoms with Gasteiger partial charge in [-0.3, -0.25) is 10.2 Å². The minimum Gasteiger partial charge on any atom is -0.376 e. The summed E-state index contributed by atoms with van der Waals surface area (Å²) in [5, 5.41) is 16.9. The first-order valence-corrected chi connectivity index (χ1v) is 10.4. The highest BCUT2D eigenvalue weighted by Gasteiger charge is 2.13. The summed E-state index contributed by atoms with van der Waals surface area (Å²) in [6.07, 6.45) is 10.3. The van der Waals surface area contributed by atoms with Gasteiger partial charge in [-0.2, -0.15) is 5.26 Å². The van der Waals surface area contributed by atoms with Crippen LogP contribution >= 0.6 is 11.3 Å². The number of carbonyl (C=O) groups is 1. The van der Waals surface area contributed by atoms with Crippen molar-refractivity contribution in [3.05, 3.63) is 22.7 Å². The number of nitrogens with zero attached hydrogens (tertiary/aromatic N) is 4. The second-order valence-electron chi connectivity index (χ2n) is 7.01. The van der Waals surface area contributed by atoms with Gasteiger partial charge in [-0.25, -0.2) is 4.98 Å². The molecule has 0 aliphatic carbocycles. The van der Waals surface area contributed by atoms with Crippen molar-refractivity contribution in [2.24, 2.45) is 0 Å². The predicted octanol–water partition coefficient (Wildman–Crippen LogP) is 4.93. The van der Waals surface area contributed by atoms with Gasteiger partial charge in [0, 0.05) is 38.8 Å². The number of unbranched alkanes of at least 4 members (excludes halogenated alkanes) is 3. The SMILES string of the molecule is CCCCCCC(C)N(C)C=N.CN(C)c1c(C#N)cnc2sc(C=O)cc12. The summed E-state index contributed by atoms with van der Waals surface area (Å²) >= 11 is 1.33. The molecule has 2 aromatic heterocycles. The Bertz CT molecular complexity index is 809. The maximum absolute atomic E-state index is 10.7. The van der Waals surface area contributed by atoms with Crippen molar-refractivity contribution >= 4 is 39.9 Å². The monoisotopic (exact) mass is 401 g/mol. The predicted molar refractivity (Wildman–Crippen MR) is 119 cm³/mol. The molecule has 1 atom stereocenters. The van der Waals surface area contributed by atoms with E-state index in [1.807, 2.05) is 30.9 Å². The summed E-state index contributed by atoms with van der Waals surface area (Å²) in [5.41, 5.74) is 1.34. The van der Waals surface area contributed by atoms with Crippen molar-refractivity contribution in [1.29, 1.82) is 10.7 Å². The molecule has 0 aromatic carbocycles. The highest BCUT2D eigenvalue weighted by molar-refractivity contribution is 7.20. The summed E-state index contributed by atoms with van der Waals surface area (Å²) < 4.78 is 0. The number of rotatable bonds is 9. The van der Waals surface area contributed by atoms with E-state index in [2.05, 4.69) is 24.9 Å². The quantitative estimate of drug-likeness (QED) is 0.279. The number of fused-ring (bicyclic) bond motifs is 1. The number of nitriles is 1. The van der Waals surface area contributed by atoms with Gasteiger partial charge in [-0.05, 0) is 19.4 Å². The van der Waals surface area contributed by atoms with Gasteiger partial charge in [0.1, 0.15) is 10.9 Å². The molecule has 2 aromatic rings. The summed E-state index contributed by atoms with van der Waals surface area (Å²) in [4.78, 5) is 20.1. The normalized spacial score (nSPS) is 11.1. The molecular formula is C21H31N5OS. The van der Waals surface area contributed by atoms with Crippen LogP contribution < -0.4 is 4.90 Å². The lowest BCUT2D eigenvalue weighted by Gasteiger charge is -2.21. The van der Waals surface area contributed by atoms with Crippen molar-refractivity contribution in [3.63, 3.8) is 0 Å². The maximum Gasteiger partial charge on any atom is 0.160 e. The van der Waals surface area contributed by atoms with E-state index in [9.17, 15) is 4.79 Å². The van der Waals surface area contributed by atoms with Gasteiger partial charge in [0.05, 0.1) is 22.5 Å². The highest BCUT2D eigenvalue weighted by Crippen LogP contribution is 2.32. The van der Waals surface area contributed by atoms with Crippen LogP contribution in [-0.2, 0) is 0 Å². The Hall–Kier alpha value is -2.46. The third-order valence-electron chi connectivity index (χ3n) is 4.61. The third-order valence-corrected chi connectivity index (χ3v) is 5.58. The van der Waals surface area contributed by atoms with E-state index in [1.165, 1.54) is 49.8 Å². The fourth-order valence-electron chi connectivity index (χ4n) is 2.81. The van der Waals surface area contributed by atoms with E-state index >= 15 is 0 Å². The molecular weight excluding hydrogens is 370 g/mol. The van der Waals surface area contributed by atoms with Crippen LogP contribution in [0.1, 0.15) is 61.2 Å². The molecule has 0 aliphatic rings. The molecule has 0 bridgehead atoms. The molecule has 0 fully saturated rings. The third kappa shape index (κ3) is 6.61. The number of carbonyl (C=O) groups excluding carboxylic acids is 1. The Morgan fingerprint density at radius 1 is 1.32 bits per heavy atom. The zero-order valence-electron chi connectivity index (χ0n) is 17.5. The van der Waals surface area contributed by atoms with E-state index in [-0.39, 0.29) is 0 Å². The maximum atomic E-state index is 10.7. The molecule has 7 heteroatoms. The number of hydrogen-bond donors (Lipinski definition) is 1. The number of pyridine rings is 1. The molecule has 152 valence electrons. The Morgan fingerprint density at radius 3 is 2.57 bits per heavy atom.